The Bertz CT molecular complexity index is 3530. The molecule has 9 aromatic carbocycles. The van der Waals surface area contributed by atoms with Gasteiger partial charge in [0, 0.05) is 51.3 Å². The average Bonchev–Trinajstić information content (AvgIpc) is 3.78. The lowest BCUT2D eigenvalue weighted by molar-refractivity contribution is 0.661. The van der Waals surface area contributed by atoms with Crippen LogP contribution in [0.2, 0.25) is 0 Å². The molecule has 0 amide bonds. The number of aromatic nitrogens is 2. The van der Waals surface area contributed by atoms with E-state index in [1.54, 1.807) is 0 Å². The van der Waals surface area contributed by atoms with Gasteiger partial charge in [0.25, 0.3) is 0 Å². The molecule has 1 aliphatic carbocycles. The standard InChI is InChI=1S/C60H43N3/c1-60(2)56-21-9-8-20-52(56)53-39-59-55(38-57(53)60)54-37-47(26-29-58(54)63(59)48-16-4-3-5-17-48)41-24-27-49(28-25-41)62(50-18-10-14-44(35-50)42-30-32-61-33-31-42)51-19-11-15-45(36-51)46-23-22-40-12-6-7-13-43(40)34-46/h3-39H,1-2H3. The van der Waals surface area contributed by atoms with E-state index in [4.69, 9.17) is 0 Å². The van der Waals surface area contributed by atoms with Gasteiger partial charge in [-0.15, -0.1) is 0 Å². The second-order valence-electron chi connectivity index (χ2n) is 17.3. The fourth-order valence-corrected chi connectivity index (χ4v) is 10.1. The van der Waals surface area contributed by atoms with Gasteiger partial charge in [-0.3, -0.25) is 4.98 Å². The summed E-state index contributed by atoms with van der Waals surface area (Å²) < 4.78 is 2.44. The monoisotopic (exact) mass is 805 g/mol. The van der Waals surface area contributed by atoms with Gasteiger partial charge in [0.05, 0.1) is 11.0 Å². The van der Waals surface area contributed by atoms with Crippen LogP contribution in [0.25, 0.3) is 82.8 Å². The lowest BCUT2D eigenvalue weighted by Crippen LogP contribution is -2.14. The second-order valence-corrected chi connectivity index (χ2v) is 17.3. The van der Waals surface area contributed by atoms with E-state index in [0.29, 0.717) is 0 Å². The first-order chi connectivity index (χ1) is 31.0. The molecule has 1 aliphatic rings. The van der Waals surface area contributed by atoms with Gasteiger partial charge < -0.3 is 9.47 Å². The zero-order chi connectivity index (χ0) is 42.1. The smallest absolute Gasteiger partial charge is 0.0547 e. The van der Waals surface area contributed by atoms with E-state index in [1.807, 2.05) is 12.4 Å². The molecule has 298 valence electrons. The molecule has 3 nitrogen and oxygen atoms in total. The Morgan fingerprint density at radius 1 is 0.381 bits per heavy atom. The first-order valence-electron chi connectivity index (χ1n) is 21.8. The van der Waals surface area contributed by atoms with Crippen LogP contribution in [0.1, 0.15) is 25.0 Å². The molecule has 12 rings (SSSR count). The van der Waals surface area contributed by atoms with Crippen molar-refractivity contribution in [2.24, 2.45) is 0 Å². The number of anilines is 3. The maximum absolute atomic E-state index is 4.28. The minimum Gasteiger partial charge on any atom is -0.310 e. The number of para-hydroxylation sites is 1. The van der Waals surface area contributed by atoms with Gasteiger partial charge in [-0.2, -0.15) is 0 Å². The van der Waals surface area contributed by atoms with Gasteiger partial charge in [-0.25, -0.2) is 0 Å². The molecule has 0 N–H and O–H groups in total. The molecule has 0 atom stereocenters. The topological polar surface area (TPSA) is 21.1 Å². The molecule has 0 aliphatic heterocycles. The molecule has 0 unspecified atom stereocenters. The Labute approximate surface area is 367 Å². The summed E-state index contributed by atoms with van der Waals surface area (Å²) >= 11 is 0. The van der Waals surface area contributed by atoms with Crippen molar-refractivity contribution >= 4 is 49.6 Å². The van der Waals surface area contributed by atoms with Crippen molar-refractivity contribution in [3.05, 3.63) is 236 Å². The van der Waals surface area contributed by atoms with Crippen LogP contribution >= 0.6 is 0 Å². The minimum absolute atomic E-state index is 0.0899. The van der Waals surface area contributed by atoms with Crippen LogP contribution in [0.4, 0.5) is 17.1 Å². The molecule has 3 heteroatoms. The van der Waals surface area contributed by atoms with Crippen molar-refractivity contribution in [1.82, 2.24) is 9.55 Å². The summed E-state index contributed by atoms with van der Waals surface area (Å²) in [4.78, 5) is 6.65. The van der Waals surface area contributed by atoms with Crippen molar-refractivity contribution in [2.45, 2.75) is 19.3 Å². The van der Waals surface area contributed by atoms with Crippen LogP contribution in [-0.2, 0) is 5.41 Å². The van der Waals surface area contributed by atoms with Crippen LogP contribution in [0.5, 0.6) is 0 Å². The number of benzene rings is 9. The maximum Gasteiger partial charge on any atom is 0.0547 e. The maximum atomic E-state index is 4.28. The summed E-state index contributed by atoms with van der Waals surface area (Å²) in [6.45, 7) is 4.73. The number of hydrogen-bond acceptors (Lipinski definition) is 2. The van der Waals surface area contributed by atoms with Gasteiger partial charge in [-0.05, 0) is 157 Å². The predicted molar refractivity (Wildman–Crippen MR) is 265 cm³/mol. The molecule has 2 heterocycles. The van der Waals surface area contributed by atoms with Gasteiger partial charge >= 0.3 is 0 Å². The Morgan fingerprint density at radius 3 is 1.76 bits per heavy atom. The van der Waals surface area contributed by atoms with E-state index in [2.05, 4.69) is 241 Å². The first-order valence-corrected chi connectivity index (χ1v) is 21.8. The molecule has 0 spiro atoms. The fraction of sp³-hybridized carbons (Fsp3) is 0.0500. The zero-order valence-electron chi connectivity index (χ0n) is 35.2. The average molecular weight is 806 g/mol. The highest BCUT2D eigenvalue weighted by molar-refractivity contribution is 6.12. The van der Waals surface area contributed by atoms with E-state index in [9.17, 15) is 0 Å². The quantitative estimate of drug-likeness (QED) is 0.160. The predicted octanol–water partition coefficient (Wildman–Crippen LogP) is 16.1. The van der Waals surface area contributed by atoms with E-state index in [-0.39, 0.29) is 5.41 Å². The number of hydrogen-bond donors (Lipinski definition) is 0. The van der Waals surface area contributed by atoms with E-state index < -0.39 is 0 Å². The second kappa shape index (κ2) is 14.6. The van der Waals surface area contributed by atoms with Crippen molar-refractivity contribution in [1.29, 1.82) is 0 Å². The number of rotatable bonds is 7. The third kappa shape index (κ3) is 6.15. The van der Waals surface area contributed by atoms with E-state index in [0.717, 1.165) is 33.9 Å². The van der Waals surface area contributed by atoms with Gasteiger partial charge in [0.2, 0.25) is 0 Å². The number of pyridine rings is 1. The molecule has 0 saturated carbocycles. The fourth-order valence-electron chi connectivity index (χ4n) is 10.1. The first kappa shape index (κ1) is 36.8. The van der Waals surface area contributed by atoms with E-state index >= 15 is 0 Å². The molecule has 2 aromatic heterocycles. The zero-order valence-corrected chi connectivity index (χ0v) is 35.2. The summed E-state index contributed by atoms with van der Waals surface area (Å²) in [6, 6.07) is 77.8. The van der Waals surface area contributed by atoms with Crippen LogP contribution in [-0.4, -0.2) is 9.55 Å². The molecule has 0 saturated heterocycles. The molecule has 63 heavy (non-hydrogen) atoms. The SMILES string of the molecule is CC1(C)c2ccccc2-c2cc3c(cc21)c1cc(-c2ccc(N(c4cccc(-c5ccncc5)c4)c4cccc(-c5ccc6ccccc6c5)c4)cc2)ccc1n3-c1ccccc1. The Kier molecular flexibility index (Phi) is 8.52. The van der Waals surface area contributed by atoms with Crippen molar-refractivity contribution in [3.63, 3.8) is 0 Å². The van der Waals surface area contributed by atoms with Crippen LogP contribution in [0, 0.1) is 0 Å². The number of fused-ring (bicyclic) bond motifs is 7. The molecule has 0 fully saturated rings. The highest BCUT2D eigenvalue weighted by Gasteiger charge is 2.36. The Morgan fingerprint density at radius 2 is 0.984 bits per heavy atom. The third-order valence-corrected chi connectivity index (χ3v) is 13.2. The summed E-state index contributed by atoms with van der Waals surface area (Å²) in [5.74, 6) is 0. The molecular formula is C60H43N3. The minimum atomic E-state index is -0.0899. The van der Waals surface area contributed by atoms with Crippen LogP contribution in [0.3, 0.4) is 0 Å². The van der Waals surface area contributed by atoms with Gasteiger partial charge in [0.1, 0.15) is 0 Å². The van der Waals surface area contributed by atoms with Crippen molar-refractivity contribution in [3.8, 4) is 50.2 Å². The number of nitrogens with zero attached hydrogens (tertiary/aromatic N) is 3. The van der Waals surface area contributed by atoms with Crippen molar-refractivity contribution < 1.29 is 0 Å². The van der Waals surface area contributed by atoms with Crippen LogP contribution < -0.4 is 4.90 Å². The summed E-state index contributed by atoms with van der Waals surface area (Å²) in [7, 11) is 0. The highest BCUT2D eigenvalue weighted by Crippen LogP contribution is 2.51. The lowest BCUT2D eigenvalue weighted by atomic mass is 9.82. The van der Waals surface area contributed by atoms with Crippen molar-refractivity contribution in [2.75, 3.05) is 4.90 Å². The normalized spacial score (nSPS) is 12.7. The Balaban J connectivity index is 0.981. The highest BCUT2D eigenvalue weighted by atomic mass is 15.1. The summed E-state index contributed by atoms with van der Waals surface area (Å²) in [5.41, 5.74) is 19.2. The largest absolute Gasteiger partial charge is 0.310 e. The van der Waals surface area contributed by atoms with Crippen LogP contribution in [0.15, 0.2) is 225 Å². The molecule has 0 bridgehead atoms. The van der Waals surface area contributed by atoms with E-state index in [1.165, 1.54) is 77.1 Å². The van der Waals surface area contributed by atoms with Gasteiger partial charge in [0.15, 0.2) is 0 Å². The molecular weight excluding hydrogens is 763 g/mol. The Hall–Kier alpha value is -8.01. The van der Waals surface area contributed by atoms with Gasteiger partial charge in [-0.1, -0.05) is 135 Å². The molecule has 0 radical (unpaired) electrons. The summed E-state index contributed by atoms with van der Waals surface area (Å²) in [6.07, 6.45) is 3.71. The molecule has 11 aromatic rings. The summed E-state index contributed by atoms with van der Waals surface area (Å²) in [5, 5.41) is 5.01. The lowest BCUT2D eigenvalue weighted by Gasteiger charge is -2.27. The third-order valence-electron chi connectivity index (χ3n) is 13.2.